The van der Waals surface area contributed by atoms with Gasteiger partial charge in [-0.2, -0.15) is 0 Å². The van der Waals surface area contributed by atoms with E-state index in [1.165, 1.54) is 16.8 Å². The third kappa shape index (κ3) is 3.35. The summed E-state index contributed by atoms with van der Waals surface area (Å²) < 4.78 is 8.74. The number of hydrogen-bond acceptors (Lipinski definition) is 3. The second-order valence-electron chi connectivity index (χ2n) is 9.94. The van der Waals surface area contributed by atoms with Crippen LogP contribution in [0, 0.1) is 6.92 Å². The summed E-state index contributed by atoms with van der Waals surface area (Å²) in [4.78, 5) is 9.83. The first-order chi connectivity index (χ1) is 16.9. The molecule has 0 aliphatic carbocycles. The zero-order valence-electron chi connectivity index (χ0n) is 20.8. The highest BCUT2D eigenvalue weighted by atomic mass is 16.3. The number of pyridine rings is 1. The van der Waals surface area contributed by atoms with Crippen LogP contribution in [0.3, 0.4) is 0 Å². The Hall–Kier alpha value is -3.92. The lowest BCUT2D eigenvalue weighted by Gasteiger charge is -2.22. The molecule has 0 spiro atoms. The molecule has 0 atom stereocenters. The van der Waals surface area contributed by atoms with Crippen molar-refractivity contribution >= 4 is 33.1 Å². The van der Waals surface area contributed by atoms with Crippen LogP contribution >= 0.6 is 0 Å². The van der Waals surface area contributed by atoms with Crippen molar-refractivity contribution < 1.29 is 4.42 Å². The number of furan rings is 1. The van der Waals surface area contributed by atoms with Gasteiger partial charge in [0.15, 0.2) is 0 Å². The number of nitrogens with zero attached hydrogens (tertiary/aromatic N) is 3. The van der Waals surface area contributed by atoms with Gasteiger partial charge >= 0.3 is 0 Å². The molecule has 0 aliphatic rings. The van der Waals surface area contributed by atoms with E-state index in [2.05, 4.69) is 104 Å². The molecule has 0 radical (unpaired) electrons. The molecule has 0 bridgehead atoms. The summed E-state index contributed by atoms with van der Waals surface area (Å²) in [6.07, 6.45) is 0. The molecular weight excluding hydrogens is 430 g/mol. The van der Waals surface area contributed by atoms with Crippen molar-refractivity contribution in [2.75, 3.05) is 0 Å². The zero-order chi connectivity index (χ0) is 24.3. The quantitative estimate of drug-likeness (QED) is 0.265. The first-order valence-corrected chi connectivity index (χ1v) is 12.3. The van der Waals surface area contributed by atoms with E-state index in [-0.39, 0.29) is 0 Å². The summed E-state index contributed by atoms with van der Waals surface area (Å²) in [5, 5.41) is 2.09. The Morgan fingerprint density at radius 1 is 0.714 bits per heavy atom. The Labute approximate surface area is 205 Å². The maximum Gasteiger partial charge on any atom is 0.227 e. The molecule has 6 rings (SSSR count). The number of benzene rings is 3. The van der Waals surface area contributed by atoms with Crippen molar-refractivity contribution in [1.29, 1.82) is 0 Å². The molecule has 3 aromatic heterocycles. The van der Waals surface area contributed by atoms with Crippen molar-refractivity contribution in [3.05, 3.63) is 89.6 Å². The lowest BCUT2D eigenvalue weighted by atomic mass is 9.92. The summed E-state index contributed by atoms with van der Waals surface area (Å²) in [6.45, 7) is 11.0. The number of hydrogen-bond donors (Lipinski definition) is 0. The molecule has 3 aromatic carbocycles. The summed E-state index contributed by atoms with van der Waals surface area (Å²) in [6, 6.07) is 25.5. The van der Waals surface area contributed by atoms with E-state index >= 15 is 0 Å². The number of aryl methyl sites for hydroxylation is 1. The molecule has 0 N–H and O–H groups in total. The number of imidazole rings is 1. The van der Waals surface area contributed by atoms with Crippen LogP contribution in [0.5, 0.6) is 0 Å². The fourth-order valence-electron chi connectivity index (χ4n) is 5.15. The molecule has 35 heavy (non-hydrogen) atoms. The Bertz CT molecular complexity index is 1690. The van der Waals surface area contributed by atoms with Crippen molar-refractivity contribution in [1.82, 2.24) is 14.5 Å². The normalized spacial score (nSPS) is 12.1. The predicted molar refractivity (Wildman–Crippen MR) is 144 cm³/mol. The molecule has 0 amide bonds. The first kappa shape index (κ1) is 21.6. The summed E-state index contributed by atoms with van der Waals surface area (Å²) in [7, 11) is 0. The smallest absolute Gasteiger partial charge is 0.227 e. The van der Waals surface area contributed by atoms with Crippen LogP contribution in [-0.2, 0) is 0 Å². The van der Waals surface area contributed by atoms with E-state index in [9.17, 15) is 0 Å². The summed E-state index contributed by atoms with van der Waals surface area (Å²) in [5.74, 6) is 1.63. The monoisotopic (exact) mass is 459 g/mol. The Balaban J connectivity index is 1.76. The number of para-hydroxylation sites is 4. The first-order valence-electron chi connectivity index (χ1n) is 12.3. The minimum absolute atomic E-state index is 0.367. The third-order valence-corrected chi connectivity index (χ3v) is 6.87. The van der Waals surface area contributed by atoms with Crippen LogP contribution < -0.4 is 0 Å². The highest BCUT2D eigenvalue weighted by Crippen LogP contribution is 2.40. The van der Waals surface area contributed by atoms with Gasteiger partial charge in [0.25, 0.3) is 0 Å². The van der Waals surface area contributed by atoms with Crippen LogP contribution in [0.25, 0.3) is 50.2 Å². The molecule has 174 valence electrons. The summed E-state index contributed by atoms with van der Waals surface area (Å²) >= 11 is 0. The minimum Gasteiger partial charge on any atom is -0.437 e. The molecule has 4 heteroatoms. The van der Waals surface area contributed by atoms with Gasteiger partial charge in [0.05, 0.1) is 22.3 Å². The molecule has 0 fully saturated rings. The number of fused-ring (bicyclic) bond motifs is 4. The van der Waals surface area contributed by atoms with Crippen LogP contribution in [-0.4, -0.2) is 14.5 Å². The van der Waals surface area contributed by atoms with Crippen LogP contribution in [0.1, 0.15) is 56.4 Å². The van der Waals surface area contributed by atoms with Gasteiger partial charge in [0, 0.05) is 16.5 Å². The lowest BCUT2D eigenvalue weighted by molar-refractivity contribution is 0.653. The van der Waals surface area contributed by atoms with Gasteiger partial charge in [-0.1, -0.05) is 70.2 Å². The van der Waals surface area contributed by atoms with E-state index in [1.54, 1.807) is 0 Å². The van der Waals surface area contributed by atoms with Gasteiger partial charge in [-0.25, -0.2) is 9.97 Å². The molecule has 3 heterocycles. The Morgan fingerprint density at radius 2 is 1.43 bits per heavy atom. The largest absolute Gasteiger partial charge is 0.437 e. The fourth-order valence-corrected chi connectivity index (χ4v) is 5.15. The maximum atomic E-state index is 6.40. The Kier molecular flexibility index (Phi) is 4.99. The van der Waals surface area contributed by atoms with Crippen molar-refractivity contribution in [3.63, 3.8) is 0 Å². The fraction of sp³-hybridized carbons (Fsp3) is 0.226. The topological polar surface area (TPSA) is 43.9 Å². The van der Waals surface area contributed by atoms with Gasteiger partial charge in [-0.05, 0) is 60.2 Å². The van der Waals surface area contributed by atoms with Crippen LogP contribution in [0.15, 0.2) is 77.2 Å². The Morgan fingerprint density at radius 3 is 2.17 bits per heavy atom. The van der Waals surface area contributed by atoms with Gasteiger partial charge in [0.1, 0.15) is 11.4 Å². The molecule has 4 nitrogen and oxygen atoms in total. The SMILES string of the molecule is Cc1ccc2c(n1)oc1c(-c3nc4ccccc4n3-c3c(C(C)C)cccc3C(C)C)cccc12. The summed E-state index contributed by atoms with van der Waals surface area (Å²) in [5.41, 5.74) is 9.33. The second kappa shape index (κ2) is 8.09. The van der Waals surface area contributed by atoms with E-state index < -0.39 is 0 Å². The van der Waals surface area contributed by atoms with Crippen molar-refractivity contribution in [2.24, 2.45) is 0 Å². The maximum absolute atomic E-state index is 6.40. The van der Waals surface area contributed by atoms with E-state index in [0.29, 0.717) is 17.5 Å². The van der Waals surface area contributed by atoms with Gasteiger partial charge in [0.2, 0.25) is 5.71 Å². The van der Waals surface area contributed by atoms with Crippen LogP contribution in [0.4, 0.5) is 0 Å². The second-order valence-corrected chi connectivity index (χ2v) is 9.94. The van der Waals surface area contributed by atoms with Crippen molar-refractivity contribution in [2.45, 2.75) is 46.5 Å². The van der Waals surface area contributed by atoms with Crippen LogP contribution in [0.2, 0.25) is 0 Å². The average molecular weight is 460 g/mol. The molecular formula is C31H29N3O. The highest BCUT2D eigenvalue weighted by Gasteiger charge is 2.24. The van der Waals surface area contributed by atoms with Gasteiger partial charge in [-0.3, -0.25) is 4.57 Å². The van der Waals surface area contributed by atoms with Gasteiger partial charge in [-0.15, -0.1) is 0 Å². The molecule has 0 aliphatic heterocycles. The molecule has 0 saturated heterocycles. The third-order valence-electron chi connectivity index (χ3n) is 6.87. The highest BCUT2D eigenvalue weighted by molar-refractivity contribution is 6.08. The standard InChI is InChI=1S/C31H29N3O/c1-18(2)21-10-8-11-22(19(3)4)28(21)34-27-15-7-6-14-26(27)33-30(34)25-13-9-12-23-24-17-16-20(5)32-31(24)35-29(23)25/h6-19H,1-5H3. The molecule has 6 aromatic rings. The van der Waals surface area contributed by atoms with E-state index in [0.717, 1.165) is 44.5 Å². The van der Waals surface area contributed by atoms with Crippen molar-refractivity contribution in [3.8, 4) is 17.1 Å². The molecule has 0 saturated carbocycles. The van der Waals surface area contributed by atoms with E-state index in [1.807, 2.05) is 13.0 Å². The van der Waals surface area contributed by atoms with Gasteiger partial charge < -0.3 is 4.42 Å². The zero-order valence-corrected chi connectivity index (χ0v) is 20.8. The number of rotatable bonds is 4. The average Bonchev–Trinajstić information content (AvgIpc) is 3.41. The predicted octanol–water partition coefficient (Wildman–Crippen LogP) is 8.54. The number of aromatic nitrogens is 3. The lowest BCUT2D eigenvalue weighted by Crippen LogP contribution is -2.08. The molecule has 0 unspecified atom stereocenters. The minimum atomic E-state index is 0.367. The van der Waals surface area contributed by atoms with E-state index in [4.69, 9.17) is 9.40 Å².